The lowest BCUT2D eigenvalue weighted by Gasteiger charge is -2.03. The second-order valence-electron chi connectivity index (χ2n) is 2.71. The minimum atomic E-state index is -0.537. The first-order valence-electron chi connectivity index (χ1n) is 4.15. The van der Waals surface area contributed by atoms with Crippen molar-refractivity contribution in [2.75, 3.05) is 0 Å². The highest BCUT2D eigenvalue weighted by molar-refractivity contribution is 6.30. The lowest BCUT2D eigenvalue weighted by molar-refractivity contribution is 0.438. The fraction of sp³-hybridized carbons (Fsp3) is 0. The maximum absolute atomic E-state index is 13.0. The fourth-order valence-electron chi connectivity index (χ4n) is 0.984. The number of hydrogen-bond donors (Lipinski definition) is 0. The molecule has 0 saturated heterocycles. The molecule has 1 aromatic carbocycles. The van der Waals surface area contributed by atoms with Gasteiger partial charge in [-0.3, -0.25) is 0 Å². The van der Waals surface area contributed by atoms with Crippen molar-refractivity contribution in [1.82, 2.24) is 9.97 Å². The third-order valence-corrected chi connectivity index (χ3v) is 1.95. The van der Waals surface area contributed by atoms with Crippen molar-refractivity contribution in [3.8, 4) is 11.8 Å². The normalized spacial score (nSPS) is 10.0. The van der Waals surface area contributed by atoms with Gasteiger partial charge in [-0.15, -0.1) is 0 Å². The van der Waals surface area contributed by atoms with E-state index in [-0.39, 0.29) is 11.0 Å². The van der Waals surface area contributed by atoms with Crippen LogP contribution in [0.25, 0.3) is 0 Å². The monoisotopic (exact) mass is 224 g/mol. The van der Waals surface area contributed by atoms with Gasteiger partial charge in [0.25, 0.3) is 0 Å². The molecule has 0 N–H and O–H groups in total. The summed E-state index contributed by atoms with van der Waals surface area (Å²) in [5, 5.41) is 0.0522. The molecule has 0 aliphatic rings. The molecular formula is C10H6ClFN2O. The Balaban J connectivity index is 2.22. The second kappa shape index (κ2) is 4.23. The number of benzene rings is 1. The third kappa shape index (κ3) is 2.41. The molecule has 76 valence electrons. The summed E-state index contributed by atoms with van der Waals surface area (Å²) in [6.45, 7) is 0. The van der Waals surface area contributed by atoms with Crippen molar-refractivity contribution in [1.29, 1.82) is 0 Å². The van der Waals surface area contributed by atoms with Gasteiger partial charge in [-0.05, 0) is 18.2 Å². The van der Waals surface area contributed by atoms with Gasteiger partial charge in [-0.2, -0.15) is 0 Å². The number of hydrogen-bond acceptors (Lipinski definition) is 3. The summed E-state index contributed by atoms with van der Waals surface area (Å²) < 4.78 is 18.2. The van der Waals surface area contributed by atoms with E-state index in [4.69, 9.17) is 16.3 Å². The quantitative estimate of drug-likeness (QED) is 0.786. The molecule has 0 aliphatic carbocycles. The number of nitrogens with zero attached hydrogens (tertiary/aromatic N) is 2. The summed E-state index contributed by atoms with van der Waals surface area (Å²) in [5.41, 5.74) is 0. The Bertz CT molecular complexity index is 464. The first-order chi connectivity index (χ1) is 7.25. The molecule has 15 heavy (non-hydrogen) atoms. The van der Waals surface area contributed by atoms with Gasteiger partial charge >= 0.3 is 6.01 Å². The standard InChI is InChI=1S/C10H6ClFN2O/c11-8-3-2-7(6-9(8)12)15-10-13-4-1-5-14-10/h1-6H. The van der Waals surface area contributed by atoms with Crippen molar-refractivity contribution < 1.29 is 9.13 Å². The van der Waals surface area contributed by atoms with Gasteiger partial charge in [-0.1, -0.05) is 11.6 Å². The molecule has 2 rings (SSSR count). The van der Waals surface area contributed by atoms with Crippen LogP contribution in [0.5, 0.6) is 11.8 Å². The number of ether oxygens (including phenoxy) is 1. The predicted molar refractivity (Wildman–Crippen MR) is 53.5 cm³/mol. The van der Waals surface area contributed by atoms with Gasteiger partial charge in [0.15, 0.2) is 0 Å². The Morgan fingerprint density at radius 1 is 1.20 bits per heavy atom. The molecule has 0 radical (unpaired) electrons. The maximum Gasteiger partial charge on any atom is 0.321 e. The van der Waals surface area contributed by atoms with Crippen LogP contribution >= 0.6 is 11.6 Å². The van der Waals surface area contributed by atoms with E-state index >= 15 is 0 Å². The van der Waals surface area contributed by atoms with Gasteiger partial charge in [0, 0.05) is 18.5 Å². The van der Waals surface area contributed by atoms with E-state index in [1.165, 1.54) is 24.5 Å². The minimum absolute atomic E-state index is 0.0522. The van der Waals surface area contributed by atoms with E-state index in [2.05, 4.69) is 9.97 Å². The molecular weight excluding hydrogens is 219 g/mol. The maximum atomic E-state index is 13.0. The third-order valence-electron chi connectivity index (χ3n) is 1.64. The van der Waals surface area contributed by atoms with Crippen LogP contribution in [0.2, 0.25) is 5.02 Å². The molecule has 3 nitrogen and oxygen atoms in total. The van der Waals surface area contributed by atoms with Crippen LogP contribution in [0.4, 0.5) is 4.39 Å². The Labute approximate surface area is 90.5 Å². The van der Waals surface area contributed by atoms with E-state index in [9.17, 15) is 4.39 Å². The molecule has 0 fully saturated rings. The van der Waals surface area contributed by atoms with Gasteiger partial charge in [-0.25, -0.2) is 14.4 Å². The molecule has 0 spiro atoms. The minimum Gasteiger partial charge on any atom is -0.424 e. The summed E-state index contributed by atoms with van der Waals surface area (Å²) >= 11 is 5.52. The summed E-state index contributed by atoms with van der Waals surface area (Å²) in [4.78, 5) is 7.67. The summed E-state index contributed by atoms with van der Waals surface area (Å²) in [6.07, 6.45) is 3.07. The largest absolute Gasteiger partial charge is 0.424 e. The van der Waals surface area contributed by atoms with E-state index in [0.29, 0.717) is 5.75 Å². The van der Waals surface area contributed by atoms with Crippen molar-refractivity contribution in [3.05, 3.63) is 47.5 Å². The SMILES string of the molecule is Fc1cc(Oc2ncccn2)ccc1Cl. The highest BCUT2D eigenvalue weighted by Gasteiger charge is 2.03. The van der Waals surface area contributed by atoms with Gasteiger partial charge in [0.1, 0.15) is 11.6 Å². The van der Waals surface area contributed by atoms with Crippen molar-refractivity contribution >= 4 is 11.6 Å². The number of rotatable bonds is 2. The Hall–Kier alpha value is -1.68. The molecule has 1 heterocycles. The molecule has 0 bridgehead atoms. The zero-order chi connectivity index (χ0) is 10.7. The van der Waals surface area contributed by atoms with Gasteiger partial charge in [0.2, 0.25) is 0 Å². The molecule has 0 amide bonds. The average Bonchev–Trinajstić information content (AvgIpc) is 2.25. The lowest BCUT2D eigenvalue weighted by Crippen LogP contribution is -1.90. The topological polar surface area (TPSA) is 35.0 Å². The average molecular weight is 225 g/mol. The van der Waals surface area contributed by atoms with Gasteiger partial charge < -0.3 is 4.74 Å². The van der Waals surface area contributed by atoms with E-state index < -0.39 is 5.82 Å². The lowest BCUT2D eigenvalue weighted by atomic mass is 10.3. The summed E-state index contributed by atoms with van der Waals surface area (Å²) in [7, 11) is 0. The van der Waals surface area contributed by atoms with Crippen LogP contribution in [-0.2, 0) is 0 Å². The van der Waals surface area contributed by atoms with Crippen LogP contribution in [0.15, 0.2) is 36.7 Å². The summed E-state index contributed by atoms with van der Waals surface area (Å²) in [5.74, 6) is -0.229. The van der Waals surface area contributed by atoms with Gasteiger partial charge in [0.05, 0.1) is 5.02 Å². The molecule has 5 heteroatoms. The molecule has 0 aliphatic heterocycles. The van der Waals surface area contributed by atoms with Crippen molar-refractivity contribution in [3.63, 3.8) is 0 Å². The van der Waals surface area contributed by atoms with E-state index in [1.807, 2.05) is 0 Å². The molecule has 0 atom stereocenters. The van der Waals surface area contributed by atoms with Crippen molar-refractivity contribution in [2.45, 2.75) is 0 Å². The first-order valence-corrected chi connectivity index (χ1v) is 4.53. The molecule has 1 aromatic heterocycles. The number of halogens is 2. The second-order valence-corrected chi connectivity index (χ2v) is 3.12. The van der Waals surface area contributed by atoms with Crippen LogP contribution in [0, 0.1) is 5.82 Å². The Morgan fingerprint density at radius 3 is 2.60 bits per heavy atom. The highest BCUT2D eigenvalue weighted by atomic mass is 35.5. The predicted octanol–water partition coefficient (Wildman–Crippen LogP) is 3.06. The molecule has 2 aromatic rings. The van der Waals surface area contributed by atoms with Crippen LogP contribution in [-0.4, -0.2) is 9.97 Å². The zero-order valence-corrected chi connectivity index (χ0v) is 8.28. The van der Waals surface area contributed by atoms with Crippen molar-refractivity contribution in [2.24, 2.45) is 0 Å². The zero-order valence-electron chi connectivity index (χ0n) is 7.52. The first kappa shape index (κ1) is 9.86. The smallest absolute Gasteiger partial charge is 0.321 e. The Kier molecular flexibility index (Phi) is 2.78. The van der Waals surface area contributed by atoms with Crippen LogP contribution in [0.1, 0.15) is 0 Å². The van der Waals surface area contributed by atoms with E-state index in [0.717, 1.165) is 0 Å². The summed E-state index contributed by atoms with van der Waals surface area (Å²) in [6, 6.07) is 5.96. The van der Waals surface area contributed by atoms with E-state index in [1.54, 1.807) is 12.1 Å². The fourth-order valence-corrected chi connectivity index (χ4v) is 1.10. The van der Waals surface area contributed by atoms with Crippen LogP contribution in [0.3, 0.4) is 0 Å². The highest BCUT2D eigenvalue weighted by Crippen LogP contribution is 2.22. The molecule has 0 unspecified atom stereocenters. The number of aromatic nitrogens is 2. The Morgan fingerprint density at radius 2 is 1.93 bits per heavy atom. The molecule has 0 saturated carbocycles. The van der Waals surface area contributed by atoms with Crippen LogP contribution < -0.4 is 4.74 Å².